The quantitative estimate of drug-likeness (QED) is 0.825. The second kappa shape index (κ2) is 6.53. The van der Waals surface area contributed by atoms with Crippen LogP contribution in [0, 0.1) is 0 Å². The molecule has 2 rings (SSSR count). The maximum Gasteiger partial charge on any atom is 0.230 e. The molecule has 1 aromatic carbocycles. The van der Waals surface area contributed by atoms with Crippen LogP contribution in [0.2, 0.25) is 0 Å². The summed E-state index contributed by atoms with van der Waals surface area (Å²) in [7, 11) is 0. The molecule has 1 atom stereocenters. The predicted octanol–water partition coefficient (Wildman–Crippen LogP) is 2.09. The highest BCUT2D eigenvalue weighted by Crippen LogP contribution is 2.23. The molecule has 2 aromatic rings. The van der Waals surface area contributed by atoms with Crippen molar-refractivity contribution >= 4 is 34.1 Å². The van der Waals surface area contributed by atoms with Crippen LogP contribution in [0.1, 0.15) is 18.5 Å². The fourth-order valence-corrected chi connectivity index (χ4v) is 2.96. The van der Waals surface area contributed by atoms with E-state index in [1.54, 1.807) is 0 Å². The maximum atomic E-state index is 11.8. The zero-order valence-corrected chi connectivity index (χ0v) is 12.0. The van der Waals surface area contributed by atoms with Gasteiger partial charge in [-0.25, -0.2) is 0 Å². The molecule has 1 heterocycles. The minimum absolute atomic E-state index is 0.00575. The van der Waals surface area contributed by atoms with Gasteiger partial charge in [0.2, 0.25) is 11.0 Å². The van der Waals surface area contributed by atoms with Gasteiger partial charge in [0.1, 0.15) is 0 Å². The molecule has 3 N–H and O–H groups in total. The van der Waals surface area contributed by atoms with Gasteiger partial charge in [-0.2, -0.15) is 0 Å². The lowest BCUT2D eigenvalue weighted by Gasteiger charge is -2.13. The Labute approximate surface area is 119 Å². The van der Waals surface area contributed by atoms with Crippen molar-refractivity contribution < 1.29 is 4.79 Å². The minimum atomic E-state index is -0.0323. The Morgan fingerprint density at radius 1 is 1.42 bits per heavy atom. The third-order valence-corrected chi connectivity index (χ3v) is 4.31. The van der Waals surface area contributed by atoms with E-state index in [-0.39, 0.29) is 11.9 Å². The molecular weight excluding hydrogens is 280 g/mol. The molecule has 0 saturated carbocycles. The van der Waals surface area contributed by atoms with Gasteiger partial charge in [0.05, 0.1) is 11.8 Å². The molecule has 0 aliphatic carbocycles. The van der Waals surface area contributed by atoms with Crippen LogP contribution in [0.15, 0.2) is 34.7 Å². The number of carbonyl (C=O) groups excluding carboxylic acids is 1. The van der Waals surface area contributed by atoms with E-state index < -0.39 is 0 Å². The van der Waals surface area contributed by atoms with Gasteiger partial charge in [-0.05, 0) is 12.5 Å². The summed E-state index contributed by atoms with van der Waals surface area (Å²) in [5.41, 5.74) is 6.56. The number of amides is 1. The van der Waals surface area contributed by atoms with Crippen molar-refractivity contribution in [3.63, 3.8) is 0 Å². The zero-order chi connectivity index (χ0) is 13.7. The van der Waals surface area contributed by atoms with Gasteiger partial charge >= 0.3 is 0 Å². The van der Waals surface area contributed by atoms with E-state index in [9.17, 15) is 4.79 Å². The molecule has 7 heteroatoms. The molecule has 0 fully saturated rings. The Balaban J connectivity index is 1.81. The largest absolute Gasteiger partial charge is 0.374 e. The molecule has 0 aliphatic heterocycles. The number of nitrogen functional groups attached to an aromatic ring is 1. The molecule has 1 aromatic heterocycles. The smallest absolute Gasteiger partial charge is 0.230 e. The minimum Gasteiger partial charge on any atom is -0.374 e. The van der Waals surface area contributed by atoms with Gasteiger partial charge in [-0.15, -0.1) is 10.2 Å². The third-order valence-electron chi connectivity index (χ3n) is 2.43. The van der Waals surface area contributed by atoms with E-state index in [1.807, 2.05) is 37.3 Å². The number of benzene rings is 1. The summed E-state index contributed by atoms with van der Waals surface area (Å²) in [6.07, 6.45) is 0. The second-order valence-electron chi connectivity index (χ2n) is 3.89. The van der Waals surface area contributed by atoms with Crippen LogP contribution in [0.3, 0.4) is 0 Å². The summed E-state index contributed by atoms with van der Waals surface area (Å²) in [5.74, 6) is 0.279. The number of thioether (sulfide) groups is 1. The number of nitrogens with two attached hydrogens (primary N) is 1. The fourth-order valence-electron chi connectivity index (χ4n) is 1.51. The summed E-state index contributed by atoms with van der Waals surface area (Å²) in [6.45, 7) is 1.96. The molecule has 0 aliphatic rings. The summed E-state index contributed by atoms with van der Waals surface area (Å²) >= 11 is 2.62. The Bertz CT molecular complexity index is 544. The molecule has 0 bridgehead atoms. The molecule has 0 spiro atoms. The molecule has 0 saturated heterocycles. The van der Waals surface area contributed by atoms with Gasteiger partial charge in [0, 0.05) is 0 Å². The highest BCUT2D eigenvalue weighted by molar-refractivity contribution is 8.01. The van der Waals surface area contributed by atoms with Crippen molar-refractivity contribution in [2.75, 3.05) is 11.5 Å². The average Bonchev–Trinajstić information content (AvgIpc) is 2.83. The lowest BCUT2D eigenvalue weighted by atomic mass is 10.1. The molecule has 0 unspecified atom stereocenters. The third kappa shape index (κ3) is 4.22. The number of nitrogens with zero attached hydrogens (tertiary/aromatic N) is 2. The van der Waals surface area contributed by atoms with E-state index in [0.29, 0.717) is 15.2 Å². The Morgan fingerprint density at radius 2 is 2.16 bits per heavy atom. The first-order valence-corrected chi connectivity index (χ1v) is 7.51. The van der Waals surface area contributed by atoms with Gasteiger partial charge in [0.25, 0.3) is 0 Å². The van der Waals surface area contributed by atoms with Crippen molar-refractivity contribution in [1.82, 2.24) is 15.5 Å². The lowest BCUT2D eigenvalue weighted by Crippen LogP contribution is -2.28. The van der Waals surface area contributed by atoms with Crippen molar-refractivity contribution in [3.05, 3.63) is 35.9 Å². The number of nitrogens with one attached hydrogen (secondary N) is 1. The summed E-state index contributed by atoms with van der Waals surface area (Å²) < 4.78 is 0.708. The van der Waals surface area contributed by atoms with E-state index in [2.05, 4.69) is 15.5 Å². The number of anilines is 1. The highest BCUT2D eigenvalue weighted by atomic mass is 32.2. The number of hydrogen-bond donors (Lipinski definition) is 2. The van der Waals surface area contributed by atoms with Crippen LogP contribution in [0.4, 0.5) is 5.13 Å². The summed E-state index contributed by atoms with van der Waals surface area (Å²) in [6, 6.07) is 9.84. The number of hydrogen-bond acceptors (Lipinski definition) is 6. The number of carbonyl (C=O) groups is 1. The topological polar surface area (TPSA) is 80.9 Å². The molecule has 19 heavy (non-hydrogen) atoms. The SMILES string of the molecule is C[C@H](NC(=O)CSc1nnc(N)s1)c1ccccc1. The van der Waals surface area contributed by atoms with Crippen LogP contribution in [-0.4, -0.2) is 21.9 Å². The van der Waals surface area contributed by atoms with E-state index in [1.165, 1.54) is 23.1 Å². The Kier molecular flexibility index (Phi) is 4.75. The zero-order valence-electron chi connectivity index (χ0n) is 10.4. The van der Waals surface area contributed by atoms with Crippen molar-refractivity contribution in [1.29, 1.82) is 0 Å². The van der Waals surface area contributed by atoms with Crippen molar-refractivity contribution in [2.24, 2.45) is 0 Å². The van der Waals surface area contributed by atoms with E-state index in [0.717, 1.165) is 5.56 Å². The molecule has 0 radical (unpaired) electrons. The molecular formula is C12H14N4OS2. The number of aromatic nitrogens is 2. The van der Waals surface area contributed by atoms with Crippen LogP contribution in [0.25, 0.3) is 0 Å². The first-order chi connectivity index (χ1) is 9.15. The normalized spacial score (nSPS) is 12.1. The second-order valence-corrected chi connectivity index (χ2v) is 6.13. The lowest BCUT2D eigenvalue weighted by molar-refractivity contribution is -0.119. The maximum absolute atomic E-state index is 11.8. The Morgan fingerprint density at radius 3 is 2.79 bits per heavy atom. The fraction of sp³-hybridized carbons (Fsp3) is 0.250. The highest BCUT2D eigenvalue weighted by Gasteiger charge is 2.10. The van der Waals surface area contributed by atoms with E-state index >= 15 is 0 Å². The average molecular weight is 294 g/mol. The summed E-state index contributed by atoms with van der Waals surface area (Å²) in [5, 5.41) is 10.9. The van der Waals surface area contributed by atoms with Gasteiger partial charge < -0.3 is 11.1 Å². The van der Waals surface area contributed by atoms with Crippen LogP contribution in [-0.2, 0) is 4.79 Å². The van der Waals surface area contributed by atoms with Crippen molar-refractivity contribution in [3.8, 4) is 0 Å². The van der Waals surface area contributed by atoms with Gasteiger partial charge in [-0.3, -0.25) is 4.79 Å². The Hall–Kier alpha value is -1.60. The number of rotatable bonds is 5. The summed E-state index contributed by atoms with van der Waals surface area (Å²) in [4.78, 5) is 11.8. The molecule has 1 amide bonds. The van der Waals surface area contributed by atoms with Gasteiger partial charge in [0.15, 0.2) is 4.34 Å². The van der Waals surface area contributed by atoms with Crippen LogP contribution < -0.4 is 11.1 Å². The molecule has 5 nitrogen and oxygen atoms in total. The van der Waals surface area contributed by atoms with E-state index in [4.69, 9.17) is 5.73 Å². The first kappa shape index (κ1) is 13.8. The van der Waals surface area contributed by atoms with Crippen molar-refractivity contribution in [2.45, 2.75) is 17.3 Å². The standard InChI is InChI=1S/C12H14N4OS2/c1-8(9-5-3-2-4-6-9)14-10(17)7-18-12-16-15-11(13)19-12/h2-6,8H,7H2,1H3,(H2,13,15)(H,14,17)/t8-/m0/s1. The molecule has 100 valence electrons. The van der Waals surface area contributed by atoms with Gasteiger partial charge in [-0.1, -0.05) is 53.4 Å². The van der Waals surface area contributed by atoms with Crippen LogP contribution >= 0.6 is 23.1 Å². The monoisotopic (exact) mass is 294 g/mol. The first-order valence-electron chi connectivity index (χ1n) is 5.71. The predicted molar refractivity (Wildman–Crippen MR) is 78.0 cm³/mol. The van der Waals surface area contributed by atoms with Crippen LogP contribution in [0.5, 0.6) is 0 Å².